The summed E-state index contributed by atoms with van der Waals surface area (Å²) in [5.74, 6) is 1.34. The maximum atomic E-state index is 12.1. The van der Waals surface area contributed by atoms with Crippen molar-refractivity contribution in [2.24, 2.45) is 0 Å². The number of nitrogens with one attached hydrogen (secondary N) is 1. The highest BCUT2D eigenvalue weighted by Crippen LogP contribution is 2.32. The molecule has 0 aliphatic carbocycles. The molecule has 28 heavy (non-hydrogen) atoms. The summed E-state index contributed by atoms with van der Waals surface area (Å²) in [7, 11) is 3.14. The fourth-order valence-electron chi connectivity index (χ4n) is 2.67. The summed E-state index contributed by atoms with van der Waals surface area (Å²) >= 11 is 0. The summed E-state index contributed by atoms with van der Waals surface area (Å²) in [6.07, 6.45) is 0.599. The van der Waals surface area contributed by atoms with Gasteiger partial charge in [0, 0.05) is 6.54 Å². The van der Waals surface area contributed by atoms with Gasteiger partial charge in [0.25, 0.3) is 5.91 Å². The second kappa shape index (κ2) is 8.98. The molecular formula is C20H21NO7. The van der Waals surface area contributed by atoms with Gasteiger partial charge in [-0.1, -0.05) is 6.07 Å². The molecule has 148 valence electrons. The minimum atomic E-state index is -0.603. The maximum absolute atomic E-state index is 12.1. The SMILES string of the molecule is COc1ccc(CCNC(=O)COC(=O)c2ccc3c(c2)OCO3)cc1OC. The van der Waals surface area contributed by atoms with E-state index in [1.807, 2.05) is 18.2 Å². The molecule has 1 heterocycles. The minimum Gasteiger partial charge on any atom is -0.493 e. The predicted octanol–water partition coefficient (Wildman–Crippen LogP) is 1.95. The van der Waals surface area contributed by atoms with E-state index in [4.69, 9.17) is 23.7 Å². The third kappa shape index (κ3) is 4.64. The standard InChI is InChI=1S/C20H21NO7/c1-24-15-5-3-13(9-17(15)25-2)7-8-21-19(22)11-26-20(23)14-4-6-16-18(10-14)28-12-27-16/h3-6,9-10H,7-8,11-12H2,1-2H3,(H,21,22). The zero-order chi connectivity index (χ0) is 19.9. The van der Waals surface area contributed by atoms with Gasteiger partial charge in [0.2, 0.25) is 6.79 Å². The van der Waals surface area contributed by atoms with Gasteiger partial charge in [-0.2, -0.15) is 0 Å². The number of benzene rings is 2. The maximum Gasteiger partial charge on any atom is 0.338 e. The van der Waals surface area contributed by atoms with E-state index in [2.05, 4.69) is 5.32 Å². The van der Waals surface area contributed by atoms with Crippen molar-refractivity contribution in [3.05, 3.63) is 47.5 Å². The molecule has 1 aliphatic rings. The zero-order valence-electron chi connectivity index (χ0n) is 15.7. The van der Waals surface area contributed by atoms with Gasteiger partial charge in [0.15, 0.2) is 29.6 Å². The van der Waals surface area contributed by atoms with Crippen molar-refractivity contribution in [2.75, 3.05) is 34.2 Å². The lowest BCUT2D eigenvalue weighted by Crippen LogP contribution is -2.30. The molecule has 8 heteroatoms. The van der Waals surface area contributed by atoms with Gasteiger partial charge in [-0.25, -0.2) is 4.79 Å². The number of hydrogen-bond donors (Lipinski definition) is 1. The van der Waals surface area contributed by atoms with Crippen LogP contribution < -0.4 is 24.3 Å². The third-order valence-corrected chi connectivity index (χ3v) is 4.13. The predicted molar refractivity (Wildman–Crippen MR) is 99.1 cm³/mol. The van der Waals surface area contributed by atoms with Crippen LogP contribution in [0.4, 0.5) is 0 Å². The molecule has 0 fully saturated rings. The molecule has 0 spiro atoms. The zero-order valence-corrected chi connectivity index (χ0v) is 15.7. The first kappa shape index (κ1) is 19.3. The Morgan fingerprint density at radius 2 is 1.79 bits per heavy atom. The van der Waals surface area contributed by atoms with E-state index in [-0.39, 0.29) is 19.3 Å². The second-order valence-electron chi connectivity index (χ2n) is 5.93. The molecule has 0 unspecified atom stereocenters. The van der Waals surface area contributed by atoms with Gasteiger partial charge >= 0.3 is 5.97 Å². The molecule has 2 aromatic carbocycles. The monoisotopic (exact) mass is 387 g/mol. The Morgan fingerprint density at radius 3 is 2.57 bits per heavy atom. The highest BCUT2D eigenvalue weighted by molar-refractivity contribution is 5.92. The van der Waals surface area contributed by atoms with Gasteiger partial charge in [-0.3, -0.25) is 4.79 Å². The smallest absolute Gasteiger partial charge is 0.338 e. The molecule has 0 bridgehead atoms. The number of ether oxygens (including phenoxy) is 5. The molecule has 1 amide bonds. The normalized spacial score (nSPS) is 11.6. The van der Waals surface area contributed by atoms with E-state index in [0.29, 0.717) is 41.5 Å². The topological polar surface area (TPSA) is 92.3 Å². The van der Waals surface area contributed by atoms with Gasteiger partial charge in [-0.15, -0.1) is 0 Å². The van der Waals surface area contributed by atoms with Crippen LogP contribution >= 0.6 is 0 Å². The Labute approximate surface area is 162 Å². The highest BCUT2D eigenvalue weighted by atomic mass is 16.7. The van der Waals surface area contributed by atoms with Gasteiger partial charge in [0.1, 0.15) is 0 Å². The van der Waals surface area contributed by atoms with Crippen LogP contribution in [0.5, 0.6) is 23.0 Å². The van der Waals surface area contributed by atoms with E-state index < -0.39 is 5.97 Å². The number of carbonyl (C=O) groups excluding carboxylic acids is 2. The average Bonchev–Trinajstić information content (AvgIpc) is 3.19. The molecule has 2 aromatic rings. The lowest BCUT2D eigenvalue weighted by Gasteiger charge is -2.10. The minimum absolute atomic E-state index is 0.121. The molecule has 0 radical (unpaired) electrons. The number of rotatable bonds is 8. The van der Waals surface area contributed by atoms with Crippen LogP contribution in [0.3, 0.4) is 0 Å². The lowest BCUT2D eigenvalue weighted by atomic mass is 10.1. The Kier molecular flexibility index (Phi) is 6.21. The van der Waals surface area contributed by atoms with Crippen molar-refractivity contribution >= 4 is 11.9 Å². The molecule has 1 aliphatic heterocycles. The van der Waals surface area contributed by atoms with Gasteiger partial charge in [-0.05, 0) is 42.3 Å². The van der Waals surface area contributed by atoms with E-state index in [0.717, 1.165) is 5.56 Å². The quantitative estimate of drug-likeness (QED) is 0.692. The van der Waals surface area contributed by atoms with Crippen LogP contribution in [0.2, 0.25) is 0 Å². The molecule has 0 aromatic heterocycles. The van der Waals surface area contributed by atoms with Gasteiger partial charge in [0.05, 0.1) is 19.8 Å². The first-order valence-corrected chi connectivity index (χ1v) is 8.65. The fraction of sp³-hybridized carbons (Fsp3) is 0.300. The van der Waals surface area contributed by atoms with Crippen molar-refractivity contribution in [1.29, 1.82) is 0 Å². The lowest BCUT2D eigenvalue weighted by molar-refractivity contribution is -0.124. The van der Waals surface area contributed by atoms with Crippen molar-refractivity contribution in [3.8, 4) is 23.0 Å². The molecule has 0 atom stereocenters. The number of carbonyl (C=O) groups is 2. The Morgan fingerprint density at radius 1 is 1.00 bits per heavy atom. The number of hydrogen-bond acceptors (Lipinski definition) is 7. The largest absolute Gasteiger partial charge is 0.493 e. The number of methoxy groups -OCH3 is 2. The summed E-state index contributed by atoms with van der Waals surface area (Å²) in [6.45, 7) is 0.158. The average molecular weight is 387 g/mol. The number of esters is 1. The van der Waals surface area contributed by atoms with Crippen molar-refractivity contribution < 1.29 is 33.3 Å². The Hall–Kier alpha value is -3.42. The van der Waals surface area contributed by atoms with Crippen molar-refractivity contribution in [3.63, 3.8) is 0 Å². The molecule has 3 rings (SSSR count). The summed E-state index contributed by atoms with van der Waals surface area (Å²) in [5.41, 5.74) is 1.28. The second-order valence-corrected chi connectivity index (χ2v) is 5.93. The van der Waals surface area contributed by atoms with Crippen LogP contribution in [0.15, 0.2) is 36.4 Å². The fourth-order valence-corrected chi connectivity index (χ4v) is 2.67. The van der Waals surface area contributed by atoms with Crippen LogP contribution in [-0.2, 0) is 16.0 Å². The molecule has 0 saturated carbocycles. The van der Waals surface area contributed by atoms with Crippen LogP contribution in [0, 0.1) is 0 Å². The Balaban J connectivity index is 1.43. The summed E-state index contributed by atoms with van der Waals surface area (Å²) in [6, 6.07) is 10.3. The summed E-state index contributed by atoms with van der Waals surface area (Å²) in [4.78, 5) is 24.0. The van der Waals surface area contributed by atoms with Crippen LogP contribution in [0.25, 0.3) is 0 Å². The van der Waals surface area contributed by atoms with E-state index in [1.165, 1.54) is 6.07 Å². The van der Waals surface area contributed by atoms with E-state index >= 15 is 0 Å². The molecular weight excluding hydrogens is 366 g/mol. The Bertz CT molecular complexity index is 866. The summed E-state index contributed by atoms with van der Waals surface area (Å²) < 4.78 is 25.9. The molecule has 0 saturated heterocycles. The van der Waals surface area contributed by atoms with Crippen LogP contribution in [-0.4, -0.2) is 46.0 Å². The third-order valence-electron chi connectivity index (χ3n) is 4.13. The van der Waals surface area contributed by atoms with Gasteiger partial charge < -0.3 is 29.0 Å². The number of amides is 1. The van der Waals surface area contributed by atoms with Crippen molar-refractivity contribution in [1.82, 2.24) is 5.32 Å². The first-order chi connectivity index (χ1) is 13.6. The van der Waals surface area contributed by atoms with E-state index in [9.17, 15) is 9.59 Å². The first-order valence-electron chi connectivity index (χ1n) is 8.65. The van der Waals surface area contributed by atoms with Crippen LogP contribution in [0.1, 0.15) is 15.9 Å². The number of fused-ring (bicyclic) bond motifs is 1. The van der Waals surface area contributed by atoms with E-state index in [1.54, 1.807) is 26.4 Å². The molecule has 1 N–H and O–H groups in total. The van der Waals surface area contributed by atoms with Crippen molar-refractivity contribution in [2.45, 2.75) is 6.42 Å². The highest BCUT2D eigenvalue weighted by Gasteiger charge is 2.17. The molecule has 8 nitrogen and oxygen atoms in total. The summed E-state index contributed by atoms with van der Waals surface area (Å²) in [5, 5.41) is 2.71.